The molecule has 182 valence electrons. The third-order valence-corrected chi connectivity index (χ3v) is 7.08. The normalized spacial score (nSPS) is 11.3. The van der Waals surface area contributed by atoms with Gasteiger partial charge in [0.15, 0.2) is 0 Å². The minimum Gasteiger partial charge on any atom is -0.361 e. The molecule has 0 aliphatic rings. The molecule has 0 fully saturated rings. The van der Waals surface area contributed by atoms with Crippen molar-refractivity contribution >= 4 is 39.7 Å². The molecule has 2 N–H and O–H groups in total. The number of aromatic nitrogens is 3. The van der Waals surface area contributed by atoms with Crippen LogP contribution in [-0.4, -0.2) is 32.3 Å². The lowest BCUT2D eigenvalue weighted by molar-refractivity contribution is 0.0946. The van der Waals surface area contributed by atoms with E-state index in [1.54, 1.807) is 12.4 Å². The summed E-state index contributed by atoms with van der Waals surface area (Å²) in [6, 6.07) is 20.1. The molecule has 8 heteroatoms. The number of thiazole rings is 1. The smallest absolute Gasteiger partial charge is 0.271 e. The van der Waals surface area contributed by atoms with E-state index >= 15 is 0 Å². The Morgan fingerprint density at radius 2 is 1.89 bits per heavy atom. The summed E-state index contributed by atoms with van der Waals surface area (Å²) in [6.45, 7) is 2.68. The Bertz CT molecular complexity index is 1450. The SMILES string of the molecule is O=C(NCc1ccncc1)c1csc(CN(CCc2c[nH]c3ccccc23)Cc2cccc(Cl)c2)n1. The van der Waals surface area contributed by atoms with Crippen LogP contribution in [0.15, 0.2) is 84.6 Å². The molecular formula is C28H26ClN5OS. The Morgan fingerprint density at radius 1 is 1.03 bits per heavy atom. The predicted molar refractivity (Wildman–Crippen MR) is 145 cm³/mol. The third kappa shape index (κ3) is 6.18. The maximum absolute atomic E-state index is 12.6. The number of para-hydroxylation sites is 1. The van der Waals surface area contributed by atoms with E-state index in [0.29, 0.717) is 18.8 Å². The Hall–Kier alpha value is -3.52. The van der Waals surface area contributed by atoms with Crippen molar-refractivity contribution in [2.75, 3.05) is 6.54 Å². The van der Waals surface area contributed by atoms with Crippen LogP contribution in [-0.2, 0) is 26.1 Å². The Balaban J connectivity index is 1.27. The predicted octanol–water partition coefficient (Wildman–Crippen LogP) is 5.85. The summed E-state index contributed by atoms with van der Waals surface area (Å²) < 4.78 is 0. The van der Waals surface area contributed by atoms with Gasteiger partial charge in [-0.05, 0) is 53.4 Å². The summed E-state index contributed by atoms with van der Waals surface area (Å²) >= 11 is 7.76. The maximum atomic E-state index is 12.6. The largest absolute Gasteiger partial charge is 0.361 e. The summed E-state index contributed by atoms with van der Waals surface area (Å²) in [7, 11) is 0. The molecule has 0 saturated carbocycles. The first kappa shape index (κ1) is 24.2. The highest BCUT2D eigenvalue weighted by atomic mass is 35.5. The van der Waals surface area contributed by atoms with Gasteiger partial charge in [0.1, 0.15) is 10.7 Å². The quantitative estimate of drug-likeness (QED) is 0.245. The number of fused-ring (bicyclic) bond motifs is 1. The standard InChI is InChI=1S/C28H26ClN5OS/c29-23-5-3-4-21(14-23)17-34(13-10-22-16-31-25-7-2-1-6-24(22)25)18-27-33-26(19-36-27)28(35)32-15-20-8-11-30-12-9-20/h1-9,11-12,14,16,19,31H,10,13,15,17-18H2,(H,32,35). The lowest BCUT2D eigenvalue weighted by Gasteiger charge is -2.21. The van der Waals surface area contributed by atoms with Crippen molar-refractivity contribution in [3.05, 3.63) is 117 Å². The number of aromatic amines is 1. The van der Waals surface area contributed by atoms with Gasteiger partial charge in [-0.15, -0.1) is 11.3 Å². The lowest BCUT2D eigenvalue weighted by Crippen LogP contribution is -2.26. The van der Waals surface area contributed by atoms with Crippen LogP contribution < -0.4 is 5.32 Å². The number of nitrogens with zero attached hydrogens (tertiary/aromatic N) is 3. The Kier molecular flexibility index (Phi) is 7.71. The third-order valence-electron chi connectivity index (χ3n) is 6.01. The number of nitrogens with one attached hydrogen (secondary N) is 2. The topological polar surface area (TPSA) is 73.9 Å². The molecule has 0 unspecified atom stereocenters. The second-order valence-electron chi connectivity index (χ2n) is 8.61. The molecule has 0 atom stereocenters. The van der Waals surface area contributed by atoms with Crippen molar-refractivity contribution in [2.24, 2.45) is 0 Å². The minimum atomic E-state index is -0.172. The summed E-state index contributed by atoms with van der Waals surface area (Å²) in [4.78, 5) is 27.0. The van der Waals surface area contributed by atoms with Crippen molar-refractivity contribution in [3.8, 4) is 0 Å². The molecule has 3 heterocycles. The minimum absolute atomic E-state index is 0.172. The molecule has 6 nitrogen and oxygen atoms in total. The van der Waals surface area contributed by atoms with Crippen LogP contribution in [0, 0.1) is 0 Å². The molecule has 0 saturated heterocycles. The summed E-state index contributed by atoms with van der Waals surface area (Å²) in [5.74, 6) is -0.172. The van der Waals surface area contributed by atoms with E-state index in [-0.39, 0.29) is 5.91 Å². The van der Waals surface area contributed by atoms with Gasteiger partial charge in [-0.3, -0.25) is 14.7 Å². The van der Waals surface area contributed by atoms with Crippen LogP contribution in [0.25, 0.3) is 10.9 Å². The fourth-order valence-corrected chi connectivity index (χ4v) is 5.21. The van der Waals surface area contributed by atoms with Gasteiger partial charge in [-0.1, -0.05) is 41.9 Å². The monoisotopic (exact) mass is 515 g/mol. The average molecular weight is 516 g/mol. The fraction of sp³-hybridized carbons (Fsp3) is 0.179. The zero-order valence-corrected chi connectivity index (χ0v) is 21.2. The average Bonchev–Trinajstić information content (AvgIpc) is 3.54. The second-order valence-corrected chi connectivity index (χ2v) is 9.99. The highest BCUT2D eigenvalue weighted by molar-refractivity contribution is 7.09. The molecule has 36 heavy (non-hydrogen) atoms. The highest BCUT2D eigenvalue weighted by Gasteiger charge is 2.15. The summed E-state index contributed by atoms with van der Waals surface area (Å²) in [6.07, 6.45) is 6.42. The van der Waals surface area contributed by atoms with Crippen molar-refractivity contribution in [1.82, 2.24) is 25.2 Å². The van der Waals surface area contributed by atoms with E-state index in [1.807, 2.05) is 41.8 Å². The van der Waals surface area contributed by atoms with Crippen LogP contribution >= 0.6 is 22.9 Å². The number of rotatable bonds is 10. The number of hydrogen-bond donors (Lipinski definition) is 2. The fourth-order valence-electron chi connectivity index (χ4n) is 4.18. The van der Waals surface area contributed by atoms with Crippen molar-refractivity contribution in [1.29, 1.82) is 0 Å². The first-order valence-corrected chi connectivity index (χ1v) is 13.0. The molecule has 1 amide bonds. The molecule has 0 aliphatic carbocycles. The van der Waals surface area contributed by atoms with Gasteiger partial charge in [0.2, 0.25) is 0 Å². The van der Waals surface area contributed by atoms with E-state index in [4.69, 9.17) is 11.6 Å². The van der Waals surface area contributed by atoms with E-state index in [9.17, 15) is 4.79 Å². The number of pyridine rings is 1. The van der Waals surface area contributed by atoms with E-state index < -0.39 is 0 Å². The van der Waals surface area contributed by atoms with Crippen LogP contribution in [0.4, 0.5) is 0 Å². The molecule has 0 bridgehead atoms. The molecule has 0 spiro atoms. The number of carbonyl (C=O) groups excluding carboxylic acids is 1. The number of benzene rings is 2. The number of hydrogen-bond acceptors (Lipinski definition) is 5. The zero-order valence-electron chi connectivity index (χ0n) is 19.7. The summed E-state index contributed by atoms with van der Waals surface area (Å²) in [5.41, 5.74) is 5.03. The zero-order chi connectivity index (χ0) is 24.7. The molecule has 0 radical (unpaired) electrons. The van der Waals surface area contributed by atoms with Crippen LogP contribution in [0.5, 0.6) is 0 Å². The van der Waals surface area contributed by atoms with E-state index in [2.05, 4.69) is 55.6 Å². The maximum Gasteiger partial charge on any atom is 0.271 e. The number of halogens is 1. The van der Waals surface area contributed by atoms with Gasteiger partial charge in [0, 0.05) is 59.5 Å². The Morgan fingerprint density at radius 3 is 2.75 bits per heavy atom. The number of amides is 1. The second kappa shape index (κ2) is 11.5. The van der Waals surface area contributed by atoms with Gasteiger partial charge >= 0.3 is 0 Å². The van der Waals surface area contributed by atoms with Crippen LogP contribution in [0.2, 0.25) is 5.02 Å². The van der Waals surface area contributed by atoms with Gasteiger partial charge in [0.05, 0.1) is 6.54 Å². The van der Waals surface area contributed by atoms with Crippen LogP contribution in [0.1, 0.15) is 32.2 Å². The Labute approximate surface area is 219 Å². The van der Waals surface area contributed by atoms with Gasteiger partial charge in [0.25, 0.3) is 5.91 Å². The van der Waals surface area contributed by atoms with E-state index in [0.717, 1.165) is 46.2 Å². The molecule has 5 rings (SSSR count). The van der Waals surface area contributed by atoms with Crippen molar-refractivity contribution in [3.63, 3.8) is 0 Å². The highest BCUT2D eigenvalue weighted by Crippen LogP contribution is 2.21. The van der Waals surface area contributed by atoms with Crippen molar-refractivity contribution in [2.45, 2.75) is 26.1 Å². The number of H-pyrrole nitrogens is 1. The van der Waals surface area contributed by atoms with Crippen molar-refractivity contribution < 1.29 is 4.79 Å². The summed E-state index contributed by atoms with van der Waals surface area (Å²) in [5, 5.41) is 7.65. The molecule has 0 aliphatic heterocycles. The molecule has 3 aromatic heterocycles. The lowest BCUT2D eigenvalue weighted by atomic mass is 10.1. The molecule has 2 aromatic carbocycles. The van der Waals surface area contributed by atoms with E-state index in [1.165, 1.54) is 22.3 Å². The first-order valence-electron chi connectivity index (χ1n) is 11.8. The van der Waals surface area contributed by atoms with Gasteiger partial charge in [-0.25, -0.2) is 4.98 Å². The number of carbonyl (C=O) groups is 1. The molecule has 5 aromatic rings. The van der Waals surface area contributed by atoms with Gasteiger partial charge < -0.3 is 10.3 Å². The van der Waals surface area contributed by atoms with Gasteiger partial charge in [-0.2, -0.15) is 0 Å². The van der Waals surface area contributed by atoms with Crippen LogP contribution in [0.3, 0.4) is 0 Å². The molecular weight excluding hydrogens is 490 g/mol. The first-order chi connectivity index (χ1) is 17.6.